The minimum atomic E-state index is -4.93. The van der Waals surface area contributed by atoms with Crippen molar-refractivity contribution in [1.82, 2.24) is 0 Å². The summed E-state index contributed by atoms with van der Waals surface area (Å²) in [6.07, 6.45) is -9.86. The molecule has 122 valence electrons. The molecule has 1 aromatic rings. The van der Waals surface area contributed by atoms with E-state index >= 15 is 0 Å². The van der Waals surface area contributed by atoms with Crippen molar-refractivity contribution in [2.24, 2.45) is 10.9 Å². The van der Waals surface area contributed by atoms with Gasteiger partial charge in [0.2, 0.25) is 5.90 Å². The number of ether oxygens (including phenoxy) is 1. The predicted molar refractivity (Wildman–Crippen MR) is 67.6 cm³/mol. The summed E-state index contributed by atoms with van der Waals surface area (Å²) in [5.41, 5.74) is -3.83. The molecule has 1 atom stereocenters. The fourth-order valence-electron chi connectivity index (χ4n) is 2.12. The van der Waals surface area contributed by atoms with Crippen LogP contribution in [0.3, 0.4) is 0 Å². The van der Waals surface area contributed by atoms with E-state index in [0.29, 0.717) is 12.1 Å². The first-order chi connectivity index (χ1) is 10.0. The highest BCUT2D eigenvalue weighted by Crippen LogP contribution is 2.40. The van der Waals surface area contributed by atoms with E-state index in [2.05, 4.69) is 4.99 Å². The lowest BCUT2D eigenvalue weighted by Crippen LogP contribution is -2.20. The molecule has 0 aromatic heterocycles. The van der Waals surface area contributed by atoms with Gasteiger partial charge in [-0.15, -0.1) is 0 Å². The number of halogens is 6. The summed E-state index contributed by atoms with van der Waals surface area (Å²) in [5.74, 6) is -0.649. The van der Waals surface area contributed by atoms with Crippen molar-refractivity contribution in [3.8, 4) is 0 Å². The summed E-state index contributed by atoms with van der Waals surface area (Å²) in [6, 6.07) is 1.46. The van der Waals surface area contributed by atoms with E-state index in [9.17, 15) is 26.3 Å². The van der Waals surface area contributed by atoms with Crippen LogP contribution in [-0.2, 0) is 17.1 Å². The van der Waals surface area contributed by atoms with Gasteiger partial charge in [0.25, 0.3) is 0 Å². The molecular formula is C14H13F6NO. The highest BCUT2D eigenvalue weighted by Gasteiger charge is 2.43. The van der Waals surface area contributed by atoms with E-state index in [1.165, 1.54) is 0 Å². The van der Waals surface area contributed by atoms with Gasteiger partial charge in [-0.2, -0.15) is 26.3 Å². The summed E-state index contributed by atoms with van der Waals surface area (Å²) in [7, 11) is 0. The molecule has 1 aliphatic heterocycles. The molecule has 0 radical (unpaired) electrons. The number of hydrogen-bond acceptors (Lipinski definition) is 2. The molecule has 22 heavy (non-hydrogen) atoms. The molecule has 0 amide bonds. The number of aliphatic imine (C=N–C) groups is 1. The second-order valence-electron chi connectivity index (χ2n) is 5.28. The van der Waals surface area contributed by atoms with E-state index in [-0.39, 0.29) is 12.5 Å². The first-order valence-electron chi connectivity index (χ1n) is 6.50. The Morgan fingerprint density at radius 1 is 1.05 bits per heavy atom. The normalized spacial score (nSPS) is 19.3. The average molecular weight is 325 g/mol. The molecule has 0 aliphatic carbocycles. The Labute approximate surface area is 122 Å². The highest BCUT2D eigenvalue weighted by molar-refractivity contribution is 5.98. The maximum Gasteiger partial charge on any atom is 0.417 e. The van der Waals surface area contributed by atoms with Crippen LogP contribution in [0.25, 0.3) is 0 Å². The van der Waals surface area contributed by atoms with Gasteiger partial charge in [0, 0.05) is 0 Å². The second-order valence-corrected chi connectivity index (χ2v) is 5.28. The molecule has 8 heteroatoms. The Kier molecular flexibility index (Phi) is 4.14. The Morgan fingerprint density at radius 2 is 1.55 bits per heavy atom. The Morgan fingerprint density at radius 3 is 1.91 bits per heavy atom. The minimum Gasteiger partial charge on any atom is -0.475 e. The van der Waals surface area contributed by atoms with E-state index in [1.807, 2.05) is 0 Å². The van der Waals surface area contributed by atoms with Crippen LogP contribution in [-0.4, -0.2) is 18.5 Å². The second kappa shape index (κ2) is 5.48. The van der Waals surface area contributed by atoms with Crippen molar-refractivity contribution in [1.29, 1.82) is 0 Å². The maximum atomic E-state index is 13.0. The van der Waals surface area contributed by atoms with Gasteiger partial charge in [-0.3, -0.25) is 0 Å². The van der Waals surface area contributed by atoms with Gasteiger partial charge in [-0.25, -0.2) is 4.99 Å². The molecule has 2 nitrogen and oxygen atoms in total. The van der Waals surface area contributed by atoms with Gasteiger partial charge in [0.05, 0.1) is 22.7 Å². The number of hydrogen-bond donors (Lipinski definition) is 0. The van der Waals surface area contributed by atoms with Crippen molar-refractivity contribution in [3.05, 3.63) is 34.9 Å². The minimum absolute atomic E-state index is 0.0313. The Hall–Kier alpha value is -1.73. The van der Waals surface area contributed by atoms with Gasteiger partial charge >= 0.3 is 12.4 Å². The quantitative estimate of drug-likeness (QED) is 0.732. The van der Waals surface area contributed by atoms with Crippen LogP contribution in [0.5, 0.6) is 0 Å². The van der Waals surface area contributed by atoms with E-state index < -0.39 is 41.0 Å². The molecule has 1 heterocycles. The van der Waals surface area contributed by atoms with Crippen LogP contribution >= 0.6 is 0 Å². The first-order valence-corrected chi connectivity index (χ1v) is 6.50. The van der Waals surface area contributed by atoms with Gasteiger partial charge < -0.3 is 4.74 Å². The monoisotopic (exact) mass is 325 g/mol. The van der Waals surface area contributed by atoms with Crippen LogP contribution < -0.4 is 0 Å². The van der Waals surface area contributed by atoms with Gasteiger partial charge in [-0.05, 0) is 18.1 Å². The smallest absolute Gasteiger partial charge is 0.417 e. The predicted octanol–water partition coefficient (Wildman–Crippen LogP) is 4.53. The summed E-state index contributed by atoms with van der Waals surface area (Å²) >= 11 is 0. The van der Waals surface area contributed by atoms with Crippen molar-refractivity contribution >= 4 is 5.90 Å². The highest BCUT2D eigenvalue weighted by atomic mass is 19.4. The number of nitrogens with zero attached hydrogens (tertiary/aromatic N) is 1. The zero-order chi connectivity index (χ0) is 16.7. The third kappa shape index (κ3) is 3.20. The summed E-state index contributed by atoms with van der Waals surface area (Å²) in [6.45, 7) is 3.50. The lowest BCUT2D eigenvalue weighted by molar-refractivity contribution is -0.143. The first kappa shape index (κ1) is 16.6. The molecule has 0 saturated carbocycles. The zero-order valence-corrected chi connectivity index (χ0v) is 11.7. The molecule has 1 aliphatic rings. The van der Waals surface area contributed by atoms with Crippen LogP contribution in [0.1, 0.15) is 30.5 Å². The standard InChI is InChI=1S/C14H13F6NO/c1-7(2)10-6-22-12(21-10)11-8(13(15,16)17)4-3-5-9(11)14(18,19)20/h3-5,7,10H,6H2,1-2H3. The van der Waals surface area contributed by atoms with Crippen molar-refractivity contribution in [2.45, 2.75) is 32.2 Å². The molecule has 0 bridgehead atoms. The third-order valence-corrected chi connectivity index (χ3v) is 3.33. The van der Waals surface area contributed by atoms with Crippen LogP contribution in [0.2, 0.25) is 0 Å². The molecule has 0 spiro atoms. The third-order valence-electron chi connectivity index (χ3n) is 3.33. The fraction of sp³-hybridized carbons (Fsp3) is 0.500. The SMILES string of the molecule is CC(C)C1COC(c2c(C(F)(F)F)cccc2C(F)(F)F)=N1. The fourth-order valence-corrected chi connectivity index (χ4v) is 2.12. The number of rotatable bonds is 2. The van der Waals surface area contributed by atoms with E-state index in [1.54, 1.807) is 13.8 Å². The average Bonchev–Trinajstić information content (AvgIpc) is 2.85. The molecule has 2 rings (SSSR count). The van der Waals surface area contributed by atoms with Crippen LogP contribution in [0.15, 0.2) is 23.2 Å². The molecule has 0 N–H and O–H groups in total. The molecule has 1 aromatic carbocycles. The Balaban J connectivity index is 2.65. The van der Waals surface area contributed by atoms with E-state index in [4.69, 9.17) is 4.74 Å². The van der Waals surface area contributed by atoms with Crippen molar-refractivity contribution in [2.75, 3.05) is 6.61 Å². The maximum absolute atomic E-state index is 13.0. The molecule has 0 fully saturated rings. The van der Waals surface area contributed by atoms with Crippen molar-refractivity contribution in [3.63, 3.8) is 0 Å². The molecule has 1 unspecified atom stereocenters. The largest absolute Gasteiger partial charge is 0.475 e. The van der Waals surface area contributed by atoms with Gasteiger partial charge in [0.15, 0.2) is 0 Å². The molecular weight excluding hydrogens is 312 g/mol. The van der Waals surface area contributed by atoms with E-state index in [0.717, 1.165) is 6.07 Å². The van der Waals surface area contributed by atoms with Crippen LogP contribution in [0.4, 0.5) is 26.3 Å². The molecule has 0 saturated heterocycles. The van der Waals surface area contributed by atoms with Crippen molar-refractivity contribution < 1.29 is 31.1 Å². The summed E-state index contributed by atoms with van der Waals surface area (Å²) in [4.78, 5) is 3.90. The number of benzene rings is 1. The van der Waals surface area contributed by atoms with Gasteiger partial charge in [0.1, 0.15) is 6.61 Å². The Bertz CT molecular complexity index is 556. The topological polar surface area (TPSA) is 21.6 Å². The van der Waals surface area contributed by atoms with Crippen LogP contribution in [0, 0.1) is 5.92 Å². The summed E-state index contributed by atoms with van der Waals surface area (Å²) in [5, 5.41) is 0. The zero-order valence-electron chi connectivity index (χ0n) is 11.7. The lowest BCUT2D eigenvalue weighted by Gasteiger charge is -2.18. The van der Waals surface area contributed by atoms with Gasteiger partial charge in [-0.1, -0.05) is 19.9 Å². The number of alkyl halides is 6. The summed E-state index contributed by atoms with van der Waals surface area (Å²) < 4.78 is 83.3. The lowest BCUT2D eigenvalue weighted by atomic mass is 9.99.